The number of rotatable bonds is 46. The standard InChI is InChI=1S/C58H96O6/c1-4-7-10-13-16-19-22-25-27-28-29-30-31-34-36-39-42-45-48-51-57(60)63-54-55(53-62-56(59)50-47-44-41-38-35-32-24-21-18-15-12-9-6-3)64-58(61)52-49-46-43-40-37-33-26-23-20-17-14-11-8-5-2/h8-9,11-12,15-22,24-25,32,35,55H,4-7,10,13-14,23,26-31,33-34,36-54H2,1-3H3/b11-8-,12-9-,18-15-,19-16-,20-17-,24-21-,25-22-,35-32-. The molecule has 0 radical (unpaired) electrons. The molecular weight excluding hydrogens is 793 g/mol. The van der Waals surface area contributed by atoms with E-state index in [1.165, 1.54) is 103 Å². The molecule has 0 aromatic rings. The lowest BCUT2D eigenvalue weighted by Crippen LogP contribution is -2.30. The minimum atomic E-state index is -0.799. The van der Waals surface area contributed by atoms with Gasteiger partial charge in [-0.2, -0.15) is 0 Å². The molecule has 0 aliphatic heterocycles. The molecule has 0 aromatic carbocycles. The van der Waals surface area contributed by atoms with Crippen LogP contribution in [0.4, 0.5) is 0 Å². The Bertz CT molecular complexity index is 1300. The SMILES string of the molecule is CC\C=C/C=C\C=C/C=C\CCCCCC(=O)OCC(COC(=O)CCCCCCCCCCCC/C=C\C=C/CCCCC)OC(=O)CCCCCCCCC/C=C\C/C=C\CC. The first-order valence-electron chi connectivity index (χ1n) is 26.3. The maximum absolute atomic E-state index is 12.8. The first-order valence-corrected chi connectivity index (χ1v) is 26.3. The van der Waals surface area contributed by atoms with Crippen LogP contribution < -0.4 is 0 Å². The molecule has 0 aliphatic rings. The molecule has 6 heteroatoms. The van der Waals surface area contributed by atoms with Crippen molar-refractivity contribution in [2.24, 2.45) is 0 Å². The Labute approximate surface area is 394 Å². The fourth-order valence-corrected chi connectivity index (χ4v) is 7.01. The predicted molar refractivity (Wildman–Crippen MR) is 274 cm³/mol. The van der Waals surface area contributed by atoms with Crippen LogP contribution in [0.2, 0.25) is 0 Å². The molecule has 0 saturated heterocycles. The summed E-state index contributed by atoms with van der Waals surface area (Å²) in [5, 5.41) is 0. The molecule has 1 atom stereocenters. The lowest BCUT2D eigenvalue weighted by molar-refractivity contribution is -0.167. The third-order valence-corrected chi connectivity index (χ3v) is 10.9. The van der Waals surface area contributed by atoms with Crippen LogP contribution in [-0.4, -0.2) is 37.2 Å². The van der Waals surface area contributed by atoms with E-state index < -0.39 is 6.10 Å². The second kappa shape index (κ2) is 52.0. The summed E-state index contributed by atoms with van der Waals surface area (Å²) < 4.78 is 16.8. The van der Waals surface area contributed by atoms with Crippen molar-refractivity contribution in [3.63, 3.8) is 0 Å². The Kier molecular flexibility index (Phi) is 49.0. The highest BCUT2D eigenvalue weighted by Gasteiger charge is 2.19. The summed E-state index contributed by atoms with van der Waals surface area (Å²) in [4.78, 5) is 38.0. The normalized spacial score (nSPS) is 12.9. The highest BCUT2D eigenvalue weighted by atomic mass is 16.6. The second-order valence-corrected chi connectivity index (χ2v) is 17.1. The van der Waals surface area contributed by atoms with E-state index in [0.29, 0.717) is 19.3 Å². The molecule has 0 amide bonds. The molecule has 0 spiro atoms. The number of ether oxygens (including phenoxy) is 3. The van der Waals surface area contributed by atoms with Crippen molar-refractivity contribution in [2.75, 3.05) is 13.2 Å². The molecule has 364 valence electrons. The quantitative estimate of drug-likeness (QED) is 0.0199. The maximum Gasteiger partial charge on any atom is 0.306 e. The van der Waals surface area contributed by atoms with Crippen LogP contribution in [0.1, 0.15) is 233 Å². The summed E-state index contributed by atoms with van der Waals surface area (Å²) in [5.41, 5.74) is 0. The molecule has 64 heavy (non-hydrogen) atoms. The number of carbonyl (C=O) groups excluding carboxylic acids is 3. The van der Waals surface area contributed by atoms with Crippen LogP contribution in [-0.2, 0) is 28.6 Å². The number of allylic oxidation sites excluding steroid dienone is 16. The van der Waals surface area contributed by atoms with Gasteiger partial charge in [-0.25, -0.2) is 0 Å². The fraction of sp³-hybridized carbons (Fsp3) is 0.672. The monoisotopic (exact) mass is 889 g/mol. The smallest absolute Gasteiger partial charge is 0.306 e. The zero-order chi connectivity index (χ0) is 46.5. The molecule has 0 aromatic heterocycles. The summed E-state index contributed by atoms with van der Waals surface area (Å²) in [6.45, 7) is 6.32. The molecule has 0 heterocycles. The average molecular weight is 889 g/mol. The highest BCUT2D eigenvalue weighted by molar-refractivity contribution is 5.71. The van der Waals surface area contributed by atoms with Crippen LogP contribution in [0.3, 0.4) is 0 Å². The van der Waals surface area contributed by atoms with E-state index in [1.54, 1.807) is 0 Å². The number of hydrogen-bond acceptors (Lipinski definition) is 6. The van der Waals surface area contributed by atoms with Gasteiger partial charge in [-0.05, 0) is 89.9 Å². The van der Waals surface area contributed by atoms with Gasteiger partial charge in [-0.1, -0.05) is 221 Å². The molecule has 6 nitrogen and oxygen atoms in total. The highest BCUT2D eigenvalue weighted by Crippen LogP contribution is 2.15. The summed E-state index contributed by atoms with van der Waals surface area (Å²) in [7, 11) is 0. The maximum atomic E-state index is 12.8. The van der Waals surface area contributed by atoms with Crippen LogP contribution in [0.5, 0.6) is 0 Å². The lowest BCUT2D eigenvalue weighted by atomic mass is 10.1. The fourth-order valence-electron chi connectivity index (χ4n) is 7.01. The molecule has 0 saturated carbocycles. The lowest BCUT2D eigenvalue weighted by Gasteiger charge is -2.18. The molecular formula is C58H96O6. The molecule has 0 rings (SSSR count). The van der Waals surface area contributed by atoms with Crippen molar-refractivity contribution in [3.8, 4) is 0 Å². The van der Waals surface area contributed by atoms with Gasteiger partial charge in [0.05, 0.1) is 0 Å². The third-order valence-electron chi connectivity index (χ3n) is 10.9. The topological polar surface area (TPSA) is 78.9 Å². The van der Waals surface area contributed by atoms with E-state index in [0.717, 1.165) is 89.9 Å². The van der Waals surface area contributed by atoms with Gasteiger partial charge in [0, 0.05) is 19.3 Å². The molecule has 1 unspecified atom stereocenters. The van der Waals surface area contributed by atoms with Crippen LogP contribution >= 0.6 is 0 Å². The Morgan fingerprint density at radius 2 is 0.688 bits per heavy atom. The Morgan fingerprint density at radius 1 is 0.344 bits per heavy atom. The molecule has 0 aliphatic carbocycles. The van der Waals surface area contributed by atoms with Gasteiger partial charge in [0.25, 0.3) is 0 Å². The minimum Gasteiger partial charge on any atom is -0.462 e. The third kappa shape index (κ3) is 49.3. The van der Waals surface area contributed by atoms with Gasteiger partial charge in [-0.3, -0.25) is 14.4 Å². The number of hydrogen-bond donors (Lipinski definition) is 0. The second-order valence-electron chi connectivity index (χ2n) is 17.1. The first kappa shape index (κ1) is 60.3. The zero-order valence-corrected chi connectivity index (χ0v) is 41.5. The van der Waals surface area contributed by atoms with Gasteiger partial charge < -0.3 is 14.2 Å². The predicted octanol–water partition coefficient (Wildman–Crippen LogP) is 17.4. The van der Waals surface area contributed by atoms with Gasteiger partial charge in [-0.15, -0.1) is 0 Å². The van der Waals surface area contributed by atoms with E-state index in [9.17, 15) is 14.4 Å². The van der Waals surface area contributed by atoms with E-state index in [2.05, 4.69) is 81.5 Å². The summed E-state index contributed by atoms with van der Waals surface area (Å²) in [6.07, 6.45) is 68.2. The number of unbranched alkanes of at least 4 members (excludes halogenated alkanes) is 23. The van der Waals surface area contributed by atoms with E-state index >= 15 is 0 Å². The minimum absolute atomic E-state index is 0.0963. The van der Waals surface area contributed by atoms with Crippen LogP contribution in [0.15, 0.2) is 97.2 Å². The first-order chi connectivity index (χ1) is 31.5. The number of esters is 3. The van der Waals surface area contributed by atoms with Crippen LogP contribution in [0.25, 0.3) is 0 Å². The number of carbonyl (C=O) groups is 3. The van der Waals surface area contributed by atoms with Crippen LogP contribution in [0, 0.1) is 0 Å². The van der Waals surface area contributed by atoms with Crippen molar-refractivity contribution in [3.05, 3.63) is 97.2 Å². The Hall–Kier alpha value is -3.67. The largest absolute Gasteiger partial charge is 0.462 e. The van der Waals surface area contributed by atoms with E-state index in [1.807, 2.05) is 36.5 Å². The molecule has 0 N–H and O–H groups in total. The van der Waals surface area contributed by atoms with Crippen molar-refractivity contribution >= 4 is 17.9 Å². The van der Waals surface area contributed by atoms with Gasteiger partial charge in [0.1, 0.15) is 13.2 Å². The van der Waals surface area contributed by atoms with E-state index in [-0.39, 0.29) is 31.1 Å². The van der Waals surface area contributed by atoms with Crippen molar-refractivity contribution in [1.29, 1.82) is 0 Å². The van der Waals surface area contributed by atoms with E-state index in [4.69, 9.17) is 14.2 Å². The van der Waals surface area contributed by atoms with Gasteiger partial charge in [0.2, 0.25) is 0 Å². The summed E-state index contributed by atoms with van der Waals surface area (Å²) in [5.74, 6) is -0.951. The zero-order valence-electron chi connectivity index (χ0n) is 41.5. The Morgan fingerprint density at radius 3 is 1.16 bits per heavy atom. The molecule has 0 bridgehead atoms. The van der Waals surface area contributed by atoms with Gasteiger partial charge >= 0.3 is 17.9 Å². The molecule has 0 fully saturated rings. The average Bonchev–Trinajstić information content (AvgIpc) is 3.29. The van der Waals surface area contributed by atoms with Crippen molar-refractivity contribution in [1.82, 2.24) is 0 Å². The summed E-state index contributed by atoms with van der Waals surface area (Å²) in [6, 6.07) is 0. The Balaban J connectivity index is 4.42. The van der Waals surface area contributed by atoms with Crippen molar-refractivity contribution in [2.45, 2.75) is 239 Å². The van der Waals surface area contributed by atoms with Gasteiger partial charge in [0.15, 0.2) is 6.10 Å². The van der Waals surface area contributed by atoms with Crippen molar-refractivity contribution < 1.29 is 28.6 Å². The summed E-state index contributed by atoms with van der Waals surface area (Å²) >= 11 is 0.